The fourth-order valence-corrected chi connectivity index (χ4v) is 2.72. The Balaban J connectivity index is 1.79. The summed E-state index contributed by atoms with van der Waals surface area (Å²) in [6.45, 7) is 0.386. The smallest absolute Gasteiger partial charge is 0.341 e. The number of rotatable bonds is 7. The number of furan rings is 1. The third-order valence-corrected chi connectivity index (χ3v) is 4.06. The highest BCUT2D eigenvalue weighted by atomic mass is 32.1. The van der Waals surface area contributed by atoms with Crippen LogP contribution in [0.3, 0.4) is 0 Å². The number of nitrogens with one attached hydrogen (secondary N) is 1. The minimum atomic E-state index is -1.29. The zero-order valence-corrected chi connectivity index (χ0v) is 13.2. The van der Waals surface area contributed by atoms with Crippen molar-refractivity contribution in [3.63, 3.8) is 0 Å². The van der Waals surface area contributed by atoms with Crippen molar-refractivity contribution in [2.45, 2.75) is 6.54 Å². The molecule has 7 nitrogen and oxygen atoms in total. The van der Waals surface area contributed by atoms with Crippen molar-refractivity contribution in [3.8, 4) is 0 Å². The molecule has 0 unspecified atom stereocenters. The zero-order valence-electron chi connectivity index (χ0n) is 12.4. The van der Waals surface area contributed by atoms with E-state index in [4.69, 9.17) is 4.42 Å². The van der Waals surface area contributed by atoms with Crippen LogP contribution in [0.5, 0.6) is 0 Å². The quantitative estimate of drug-likeness (QED) is 0.296. The number of hydrogen-bond donors (Lipinski definition) is 2. The van der Waals surface area contributed by atoms with Crippen molar-refractivity contribution in [2.75, 3.05) is 5.32 Å². The van der Waals surface area contributed by atoms with Gasteiger partial charge in [0.05, 0.1) is 17.3 Å². The van der Waals surface area contributed by atoms with Gasteiger partial charge >= 0.3 is 5.97 Å². The normalized spacial score (nSPS) is 11.4. The lowest BCUT2D eigenvalue weighted by molar-refractivity contribution is -0.132. The Labute approximate surface area is 140 Å². The van der Waals surface area contributed by atoms with Crippen LogP contribution in [0.4, 0.5) is 5.82 Å². The van der Waals surface area contributed by atoms with Crippen LogP contribution in [0.15, 0.2) is 64.4 Å². The average molecular weight is 343 g/mol. The van der Waals surface area contributed by atoms with E-state index in [0.29, 0.717) is 23.0 Å². The van der Waals surface area contributed by atoms with Crippen LogP contribution < -0.4 is 5.32 Å². The number of carboxylic acids is 1. The summed E-state index contributed by atoms with van der Waals surface area (Å²) in [5.74, 6) is -0.580. The largest absolute Gasteiger partial charge is 0.477 e. The van der Waals surface area contributed by atoms with Crippen LogP contribution in [0.1, 0.15) is 15.4 Å². The molecule has 24 heavy (non-hydrogen) atoms. The predicted octanol–water partition coefficient (Wildman–Crippen LogP) is 2.85. The molecule has 2 N–H and O–H groups in total. The second-order valence-electron chi connectivity index (χ2n) is 4.77. The minimum absolute atomic E-state index is 0.344. The molecule has 0 bridgehead atoms. The number of thiophene rings is 1. The molecule has 0 spiro atoms. The van der Waals surface area contributed by atoms with Gasteiger partial charge < -0.3 is 14.8 Å². The van der Waals surface area contributed by atoms with Crippen LogP contribution in [-0.4, -0.2) is 26.6 Å². The highest BCUT2D eigenvalue weighted by Crippen LogP contribution is 2.16. The molecule has 0 saturated heterocycles. The molecule has 0 saturated carbocycles. The van der Waals surface area contributed by atoms with Gasteiger partial charge in [0.2, 0.25) is 5.78 Å². The molecule has 0 fully saturated rings. The van der Waals surface area contributed by atoms with E-state index in [0.717, 1.165) is 0 Å². The van der Waals surface area contributed by atoms with Crippen LogP contribution in [0, 0.1) is 0 Å². The fraction of sp³-hybridized carbons (Fsp3) is 0.0625. The first kappa shape index (κ1) is 15.8. The Morgan fingerprint density at radius 2 is 2.21 bits per heavy atom. The van der Waals surface area contributed by atoms with Crippen molar-refractivity contribution in [1.29, 1.82) is 0 Å². The maximum Gasteiger partial charge on any atom is 0.341 e. The van der Waals surface area contributed by atoms with E-state index in [1.54, 1.807) is 46.8 Å². The van der Waals surface area contributed by atoms with Crippen molar-refractivity contribution in [2.24, 2.45) is 0 Å². The summed E-state index contributed by atoms with van der Waals surface area (Å²) >= 11 is 1.19. The molecule has 0 aliphatic carbocycles. The molecule has 3 rings (SSSR count). The van der Waals surface area contributed by atoms with Gasteiger partial charge in [-0.15, -0.1) is 11.3 Å². The second kappa shape index (κ2) is 6.97. The monoisotopic (exact) mass is 343 g/mol. The first-order chi connectivity index (χ1) is 11.6. The number of carbonyl (C=O) groups is 2. The fourth-order valence-electron chi connectivity index (χ4n) is 2.04. The molecule has 3 aromatic rings. The van der Waals surface area contributed by atoms with Gasteiger partial charge in [-0.1, -0.05) is 6.07 Å². The van der Waals surface area contributed by atoms with E-state index in [-0.39, 0.29) is 5.57 Å². The number of carbonyl (C=O) groups excluding carboxylic acids is 1. The molecule has 122 valence electrons. The van der Waals surface area contributed by atoms with Gasteiger partial charge in [0.1, 0.15) is 23.7 Å². The number of carboxylic acid groups (broad SMARTS) is 1. The molecule has 0 aliphatic heterocycles. The van der Waals surface area contributed by atoms with E-state index in [1.807, 2.05) is 6.07 Å². The summed E-state index contributed by atoms with van der Waals surface area (Å²) in [5, 5.41) is 18.0. The van der Waals surface area contributed by atoms with E-state index < -0.39 is 11.8 Å². The Hall–Kier alpha value is -3.13. The first-order valence-electron chi connectivity index (χ1n) is 6.97. The lowest BCUT2D eigenvalue weighted by Crippen LogP contribution is -2.14. The number of ketones is 1. The molecule has 0 amide bonds. The van der Waals surface area contributed by atoms with E-state index in [9.17, 15) is 14.7 Å². The Kier molecular flexibility index (Phi) is 4.57. The molecule has 3 aromatic heterocycles. The highest BCUT2D eigenvalue weighted by Gasteiger charge is 2.20. The third-order valence-electron chi connectivity index (χ3n) is 3.19. The van der Waals surface area contributed by atoms with E-state index in [1.165, 1.54) is 17.5 Å². The lowest BCUT2D eigenvalue weighted by atomic mass is 10.1. The topological polar surface area (TPSA) is 97.4 Å². The van der Waals surface area contributed by atoms with E-state index >= 15 is 0 Å². The SMILES string of the molecule is O=C(O)C(=CNc1ccnn1Cc1ccco1)C(=O)c1cccs1. The molecule has 8 heteroatoms. The number of aromatic nitrogens is 2. The summed E-state index contributed by atoms with van der Waals surface area (Å²) in [5.41, 5.74) is -0.344. The van der Waals surface area contributed by atoms with Crippen molar-refractivity contribution >= 4 is 28.9 Å². The van der Waals surface area contributed by atoms with Crippen molar-refractivity contribution in [3.05, 3.63) is 70.6 Å². The maximum atomic E-state index is 12.2. The molecule has 0 aliphatic rings. The molecular weight excluding hydrogens is 330 g/mol. The summed E-state index contributed by atoms with van der Waals surface area (Å²) in [6.07, 6.45) is 4.31. The Morgan fingerprint density at radius 1 is 1.33 bits per heavy atom. The predicted molar refractivity (Wildman–Crippen MR) is 88.0 cm³/mol. The van der Waals surface area contributed by atoms with Crippen LogP contribution in [0.25, 0.3) is 0 Å². The molecular formula is C16H13N3O4S. The Bertz CT molecular complexity index is 863. The summed E-state index contributed by atoms with van der Waals surface area (Å²) in [6, 6.07) is 8.54. The molecule has 3 heterocycles. The molecule has 0 atom stereocenters. The van der Waals surface area contributed by atoms with Crippen LogP contribution in [-0.2, 0) is 11.3 Å². The number of aliphatic carboxylic acids is 1. The third kappa shape index (κ3) is 3.44. The highest BCUT2D eigenvalue weighted by molar-refractivity contribution is 7.12. The van der Waals surface area contributed by atoms with Gasteiger partial charge in [-0.25, -0.2) is 9.48 Å². The van der Waals surface area contributed by atoms with Gasteiger partial charge in [-0.05, 0) is 23.6 Å². The number of anilines is 1. The second-order valence-corrected chi connectivity index (χ2v) is 5.72. The summed E-state index contributed by atoms with van der Waals surface area (Å²) in [7, 11) is 0. The minimum Gasteiger partial charge on any atom is -0.477 e. The average Bonchev–Trinajstić information content (AvgIpc) is 3.30. The zero-order chi connectivity index (χ0) is 16.9. The van der Waals surface area contributed by atoms with Gasteiger partial charge in [0, 0.05) is 12.3 Å². The first-order valence-corrected chi connectivity index (χ1v) is 7.85. The maximum absolute atomic E-state index is 12.2. The van der Waals surface area contributed by atoms with Gasteiger partial charge in [-0.3, -0.25) is 4.79 Å². The molecule has 0 aromatic carbocycles. The number of hydrogen-bond acceptors (Lipinski definition) is 6. The van der Waals surface area contributed by atoms with Crippen molar-refractivity contribution in [1.82, 2.24) is 9.78 Å². The van der Waals surface area contributed by atoms with Gasteiger partial charge in [-0.2, -0.15) is 5.10 Å². The Morgan fingerprint density at radius 3 is 2.88 bits per heavy atom. The summed E-state index contributed by atoms with van der Waals surface area (Å²) < 4.78 is 6.86. The number of Topliss-reactive ketones (excluding diaryl/α,β-unsaturated/α-hetero) is 1. The van der Waals surface area contributed by atoms with Gasteiger partial charge in [0.25, 0.3) is 0 Å². The van der Waals surface area contributed by atoms with Crippen molar-refractivity contribution < 1.29 is 19.1 Å². The lowest BCUT2D eigenvalue weighted by Gasteiger charge is -2.06. The summed E-state index contributed by atoms with van der Waals surface area (Å²) in [4.78, 5) is 24.0. The van der Waals surface area contributed by atoms with E-state index in [2.05, 4.69) is 10.4 Å². The molecule has 0 radical (unpaired) electrons. The van der Waals surface area contributed by atoms with Crippen LogP contribution in [0.2, 0.25) is 0 Å². The van der Waals surface area contributed by atoms with Crippen LogP contribution >= 0.6 is 11.3 Å². The van der Waals surface area contributed by atoms with Gasteiger partial charge in [0.15, 0.2) is 0 Å². The number of nitrogens with zero attached hydrogens (tertiary/aromatic N) is 2. The standard InChI is InChI=1S/C16H13N3O4S/c20-15(13-4-2-8-24-13)12(16(21)22)9-17-14-5-6-18-19(14)10-11-3-1-7-23-11/h1-9,17H,10H2,(H,21,22).